The van der Waals surface area contributed by atoms with Crippen molar-refractivity contribution >= 4 is 5.78 Å². The Morgan fingerprint density at radius 2 is 1.50 bits per heavy atom. The van der Waals surface area contributed by atoms with E-state index >= 15 is 0 Å². The molecule has 1 nitrogen and oxygen atoms in total. The zero-order valence-electron chi connectivity index (χ0n) is 21.8. The molecule has 1 saturated carbocycles. The van der Waals surface area contributed by atoms with Gasteiger partial charge in [-0.15, -0.1) is 0 Å². The highest BCUT2D eigenvalue weighted by atomic mass is 16.1. The van der Waals surface area contributed by atoms with Crippen LogP contribution in [0.15, 0.2) is 66.7 Å². The number of ketones is 1. The van der Waals surface area contributed by atoms with Crippen LogP contribution in [-0.4, -0.2) is 5.78 Å². The molecule has 1 heteroatoms. The van der Waals surface area contributed by atoms with Gasteiger partial charge in [0.15, 0.2) is 5.78 Å². The minimum Gasteiger partial charge on any atom is -0.289 e. The molecule has 0 amide bonds. The predicted molar refractivity (Wildman–Crippen MR) is 144 cm³/mol. The summed E-state index contributed by atoms with van der Waals surface area (Å²) in [6.07, 6.45) is 4.86. The van der Waals surface area contributed by atoms with Gasteiger partial charge in [-0.1, -0.05) is 101 Å². The molecule has 1 fully saturated rings. The van der Waals surface area contributed by atoms with Gasteiger partial charge in [-0.25, -0.2) is 0 Å². The molecule has 0 aromatic heterocycles. The van der Waals surface area contributed by atoms with Gasteiger partial charge in [0.2, 0.25) is 0 Å². The van der Waals surface area contributed by atoms with E-state index in [1.54, 1.807) is 0 Å². The standard InChI is InChI=1S/C33H40O/c1-22(2)28-17-15-23(3)19-29(28)32(34)30-21-27(16-18-31(30)33(4,5)6)26-14-10-13-25(20-26)24-11-8-7-9-12-24/h7-9,11-12,15-19,21-22,25-26H,10,13-14,20H2,1-6H3. The number of hydrogen-bond donors (Lipinski definition) is 0. The molecule has 2 atom stereocenters. The Morgan fingerprint density at radius 3 is 2.15 bits per heavy atom. The molecule has 0 spiro atoms. The van der Waals surface area contributed by atoms with Gasteiger partial charge in [0.05, 0.1) is 0 Å². The van der Waals surface area contributed by atoms with Crippen LogP contribution in [0.25, 0.3) is 0 Å². The third kappa shape index (κ3) is 5.19. The summed E-state index contributed by atoms with van der Waals surface area (Å²) >= 11 is 0. The van der Waals surface area contributed by atoms with Gasteiger partial charge < -0.3 is 0 Å². The number of benzene rings is 3. The van der Waals surface area contributed by atoms with Crippen molar-refractivity contribution in [2.75, 3.05) is 0 Å². The molecule has 0 bridgehead atoms. The van der Waals surface area contributed by atoms with Gasteiger partial charge in [-0.2, -0.15) is 0 Å². The van der Waals surface area contributed by atoms with Crippen molar-refractivity contribution in [2.45, 2.75) is 90.4 Å². The largest absolute Gasteiger partial charge is 0.289 e. The fourth-order valence-electron chi connectivity index (χ4n) is 5.69. The Kier molecular flexibility index (Phi) is 7.12. The summed E-state index contributed by atoms with van der Waals surface area (Å²) in [7, 11) is 0. The summed E-state index contributed by atoms with van der Waals surface area (Å²) in [4.78, 5) is 14.1. The van der Waals surface area contributed by atoms with Crippen molar-refractivity contribution in [1.82, 2.24) is 0 Å². The first-order valence-corrected chi connectivity index (χ1v) is 13.0. The molecule has 0 saturated heterocycles. The van der Waals surface area contributed by atoms with Crippen LogP contribution in [0.1, 0.15) is 122 Å². The third-order valence-corrected chi connectivity index (χ3v) is 7.59. The molecule has 3 aromatic rings. The van der Waals surface area contributed by atoms with Crippen molar-refractivity contribution in [3.8, 4) is 0 Å². The van der Waals surface area contributed by atoms with Gasteiger partial charge in [-0.05, 0) is 83.7 Å². The molecule has 0 heterocycles. The summed E-state index contributed by atoms with van der Waals surface area (Å²) in [5.74, 6) is 1.59. The van der Waals surface area contributed by atoms with Crippen molar-refractivity contribution in [2.24, 2.45) is 0 Å². The fraction of sp³-hybridized carbons (Fsp3) is 0.424. The smallest absolute Gasteiger partial charge is 0.193 e. The van der Waals surface area contributed by atoms with Crippen LogP contribution in [0.5, 0.6) is 0 Å². The lowest BCUT2D eigenvalue weighted by atomic mass is 9.73. The minimum absolute atomic E-state index is 0.0928. The maximum absolute atomic E-state index is 14.1. The van der Waals surface area contributed by atoms with Crippen LogP contribution in [-0.2, 0) is 5.41 Å². The van der Waals surface area contributed by atoms with Gasteiger partial charge in [-0.3, -0.25) is 4.79 Å². The molecule has 1 aliphatic carbocycles. The molecule has 2 unspecified atom stereocenters. The molecular formula is C33H40O. The van der Waals surface area contributed by atoms with E-state index in [2.05, 4.69) is 108 Å². The van der Waals surface area contributed by atoms with Crippen LogP contribution in [0, 0.1) is 6.92 Å². The van der Waals surface area contributed by atoms with Gasteiger partial charge >= 0.3 is 0 Å². The van der Waals surface area contributed by atoms with Gasteiger partial charge in [0.25, 0.3) is 0 Å². The second kappa shape index (κ2) is 9.90. The zero-order valence-corrected chi connectivity index (χ0v) is 21.8. The molecule has 4 rings (SSSR count). The number of aryl methyl sites for hydroxylation is 1. The van der Waals surface area contributed by atoms with E-state index < -0.39 is 0 Å². The van der Waals surface area contributed by atoms with Crippen LogP contribution in [0.3, 0.4) is 0 Å². The summed E-state index contributed by atoms with van der Waals surface area (Å²) in [6.45, 7) is 13.1. The summed E-state index contributed by atoms with van der Waals surface area (Å²) in [5.41, 5.74) is 7.87. The fourth-order valence-corrected chi connectivity index (χ4v) is 5.69. The molecule has 3 aromatic carbocycles. The first-order valence-electron chi connectivity index (χ1n) is 13.0. The highest BCUT2D eigenvalue weighted by Gasteiger charge is 2.28. The number of carbonyl (C=O) groups excluding carboxylic acids is 1. The van der Waals surface area contributed by atoms with E-state index in [1.165, 1.54) is 30.4 Å². The summed E-state index contributed by atoms with van der Waals surface area (Å²) in [5, 5.41) is 0. The van der Waals surface area contributed by atoms with Crippen LogP contribution in [0.4, 0.5) is 0 Å². The topological polar surface area (TPSA) is 17.1 Å². The summed E-state index contributed by atoms with van der Waals surface area (Å²) in [6, 6.07) is 24.1. The Labute approximate surface area is 206 Å². The second-order valence-electron chi connectivity index (χ2n) is 11.6. The molecule has 0 N–H and O–H groups in total. The molecular weight excluding hydrogens is 412 g/mol. The molecule has 1 aliphatic rings. The average molecular weight is 453 g/mol. The maximum atomic E-state index is 14.1. The molecule has 0 radical (unpaired) electrons. The quantitative estimate of drug-likeness (QED) is 0.353. The number of carbonyl (C=O) groups is 1. The first-order chi connectivity index (χ1) is 16.1. The van der Waals surface area contributed by atoms with Crippen molar-refractivity contribution in [3.05, 3.63) is 106 Å². The van der Waals surface area contributed by atoms with E-state index in [0.29, 0.717) is 17.8 Å². The highest BCUT2D eigenvalue weighted by molar-refractivity contribution is 6.11. The van der Waals surface area contributed by atoms with Gasteiger partial charge in [0, 0.05) is 11.1 Å². The predicted octanol–water partition coefficient (Wildman–Crippen LogP) is 9.09. The van der Waals surface area contributed by atoms with E-state index in [-0.39, 0.29) is 11.2 Å². The third-order valence-electron chi connectivity index (χ3n) is 7.59. The molecule has 34 heavy (non-hydrogen) atoms. The van der Waals surface area contributed by atoms with Crippen molar-refractivity contribution in [3.63, 3.8) is 0 Å². The Balaban J connectivity index is 1.75. The Hall–Kier alpha value is -2.67. The van der Waals surface area contributed by atoms with Crippen LogP contribution < -0.4 is 0 Å². The average Bonchev–Trinajstić information content (AvgIpc) is 2.83. The molecule has 178 valence electrons. The Bertz CT molecular complexity index is 1150. The maximum Gasteiger partial charge on any atom is 0.193 e. The van der Waals surface area contributed by atoms with E-state index in [1.807, 2.05) is 0 Å². The van der Waals surface area contributed by atoms with Gasteiger partial charge in [0.1, 0.15) is 0 Å². The monoisotopic (exact) mass is 452 g/mol. The lowest BCUT2D eigenvalue weighted by Gasteiger charge is -2.31. The van der Waals surface area contributed by atoms with E-state index in [4.69, 9.17) is 0 Å². The van der Waals surface area contributed by atoms with E-state index in [9.17, 15) is 4.79 Å². The zero-order chi connectivity index (χ0) is 24.5. The number of hydrogen-bond acceptors (Lipinski definition) is 1. The minimum atomic E-state index is -0.0928. The normalized spacial score (nSPS) is 18.8. The lowest BCUT2D eigenvalue weighted by molar-refractivity contribution is 0.103. The summed E-state index contributed by atoms with van der Waals surface area (Å²) < 4.78 is 0. The lowest BCUT2D eigenvalue weighted by Crippen LogP contribution is -2.20. The number of rotatable bonds is 5. The van der Waals surface area contributed by atoms with Crippen LogP contribution in [0.2, 0.25) is 0 Å². The second-order valence-corrected chi connectivity index (χ2v) is 11.6. The van der Waals surface area contributed by atoms with E-state index in [0.717, 1.165) is 34.2 Å². The first kappa shape index (κ1) is 24.5. The van der Waals surface area contributed by atoms with Crippen molar-refractivity contribution in [1.29, 1.82) is 0 Å². The van der Waals surface area contributed by atoms with Crippen LogP contribution >= 0.6 is 0 Å². The molecule has 0 aliphatic heterocycles. The SMILES string of the molecule is Cc1ccc(C(C)C)c(C(=O)c2cc(C3CCCC(c4ccccc4)C3)ccc2C(C)(C)C)c1. The van der Waals surface area contributed by atoms with Crippen molar-refractivity contribution < 1.29 is 4.79 Å². The Morgan fingerprint density at radius 1 is 0.824 bits per heavy atom. The highest BCUT2D eigenvalue weighted by Crippen LogP contribution is 2.42.